The number of rotatable bonds is 22. The molecule has 1 amide bonds. The smallest absolute Gasteiger partial charge is 0.223 e. The van der Waals surface area contributed by atoms with Gasteiger partial charge in [0.2, 0.25) is 5.91 Å². The van der Waals surface area contributed by atoms with Crippen molar-refractivity contribution in [1.82, 2.24) is 10.6 Å². The van der Waals surface area contributed by atoms with Crippen molar-refractivity contribution in [1.29, 1.82) is 0 Å². The predicted molar refractivity (Wildman–Crippen MR) is 122 cm³/mol. The number of aliphatic hydroxyl groups excluding tert-OH is 1. The van der Waals surface area contributed by atoms with Crippen LogP contribution in [-0.4, -0.2) is 37.3 Å². The lowest BCUT2D eigenvalue weighted by Crippen LogP contribution is -2.31. The maximum atomic E-state index is 12.6. The highest BCUT2D eigenvalue weighted by molar-refractivity contribution is 5.78. The maximum absolute atomic E-state index is 12.6. The van der Waals surface area contributed by atoms with Crippen molar-refractivity contribution in [2.45, 2.75) is 117 Å². The SMILES string of the molecule is CCCCCCCCC(CCCCCC)C(=O)NCCCCCCNCCO. The molecule has 0 aliphatic carbocycles. The molecule has 3 N–H and O–H groups in total. The molecular weight excluding hydrogens is 348 g/mol. The monoisotopic (exact) mass is 398 g/mol. The van der Waals surface area contributed by atoms with Gasteiger partial charge >= 0.3 is 0 Å². The zero-order chi connectivity index (χ0) is 20.7. The van der Waals surface area contributed by atoms with E-state index >= 15 is 0 Å². The second-order valence-electron chi connectivity index (χ2n) is 8.28. The van der Waals surface area contributed by atoms with E-state index < -0.39 is 0 Å². The van der Waals surface area contributed by atoms with Crippen LogP contribution in [0.15, 0.2) is 0 Å². The van der Waals surface area contributed by atoms with E-state index in [4.69, 9.17) is 5.11 Å². The van der Waals surface area contributed by atoms with Crippen LogP contribution in [0.4, 0.5) is 0 Å². The first-order valence-electron chi connectivity index (χ1n) is 12.4. The number of amides is 1. The number of aliphatic hydroxyl groups is 1. The number of unbranched alkanes of at least 4 members (excludes halogenated alkanes) is 11. The minimum Gasteiger partial charge on any atom is -0.395 e. The minimum atomic E-state index is 0.213. The van der Waals surface area contributed by atoms with Crippen molar-refractivity contribution >= 4 is 5.91 Å². The van der Waals surface area contributed by atoms with E-state index in [2.05, 4.69) is 24.5 Å². The van der Waals surface area contributed by atoms with E-state index in [-0.39, 0.29) is 12.5 Å². The first-order chi connectivity index (χ1) is 13.8. The maximum Gasteiger partial charge on any atom is 0.223 e. The molecule has 0 radical (unpaired) electrons. The summed E-state index contributed by atoms with van der Waals surface area (Å²) in [5.74, 6) is 0.528. The Morgan fingerprint density at radius 1 is 0.679 bits per heavy atom. The van der Waals surface area contributed by atoms with Gasteiger partial charge in [0, 0.05) is 19.0 Å². The van der Waals surface area contributed by atoms with Gasteiger partial charge in [-0.2, -0.15) is 0 Å². The fourth-order valence-corrected chi connectivity index (χ4v) is 3.68. The molecule has 0 aromatic carbocycles. The van der Waals surface area contributed by atoms with Gasteiger partial charge in [0.05, 0.1) is 6.61 Å². The molecule has 0 aliphatic rings. The molecule has 0 aromatic rings. The normalized spacial score (nSPS) is 12.2. The van der Waals surface area contributed by atoms with E-state index in [0.29, 0.717) is 12.5 Å². The molecule has 0 saturated heterocycles. The Bertz CT molecular complexity index is 324. The zero-order valence-electron chi connectivity index (χ0n) is 19.1. The summed E-state index contributed by atoms with van der Waals surface area (Å²) in [6.45, 7) is 7.20. The van der Waals surface area contributed by atoms with E-state index in [1.54, 1.807) is 0 Å². The Morgan fingerprint density at radius 3 is 1.79 bits per heavy atom. The number of carbonyl (C=O) groups is 1. The molecule has 0 heterocycles. The molecule has 0 spiro atoms. The molecule has 4 heteroatoms. The van der Waals surface area contributed by atoms with Crippen LogP contribution in [0.3, 0.4) is 0 Å². The summed E-state index contributed by atoms with van der Waals surface area (Å²) >= 11 is 0. The third kappa shape index (κ3) is 18.7. The Balaban J connectivity index is 3.90. The third-order valence-electron chi connectivity index (χ3n) is 5.55. The van der Waals surface area contributed by atoms with Gasteiger partial charge in [-0.25, -0.2) is 0 Å². The zero-order valence-corrected chi connectivity index (χ0v) is 19.1. The van der Waals surface area contributed by atoms with Gasteiger partial charge in [-0.3, -0.25) is 4.79 Å². The molecule has 1 unspecified atom stereocenters. The largest absolute Gasteiger partial charge is 0.395 e. The lowest BCUT2D eigenvalue weighted by molar-refractivity contribution is -0.125. The van der Waals surface area contributed by atoms with Crippen LogP contribution in [0.25, 0.3) is 0 Å². The van der Waals surface area contributed by atoms with Gasteiger partial charge < -0.3 is 15.7 Å². The number of nitrogens with one attached hydrogen (secondary N) is 2. The van der Waals surface area contributed by atoms with E-state index in [9.17, 15) is 4.79 Å². The van der Waals surface area contributed by atoms with Crippen LogP contribution >= 0.6 is 0 Å². The molecule has 28 heavy (non-hydrogen) atoms. The summed E-state index contributed by atoms with van der Waals surface area (Å²) in [7, 11) is 0. The molecule has 0 fully saturated rings. The molecule has 0 saturated carbocycles. The van der Waals surface area contributed by atoms with E-state index in [0.717, 1.165) is 38.8 Å². The molecule has 0 rings (SSSR count). The first-order valence-corrected chi connectivity index (χ1v) is 12.4. The Kier molecular flexibility index (Phi) is 22.2. The molecule has 1 atom stereocenters. The lowest BCUT2D eigenvalue weighted by atomic mass is 9.93. The molecule has 0 aliphatic heterocycles. The topological polar surface area (TPSA) is 61.4 Å². The number of carbonyl (C=O) groups excluding carboxylic acids is 1. The van der Waals surface area contributed by atoms with Gasteiger partial charge in [0.1, 0.15) is 0 Å². The summed E-state index contributed by atoms with van der Waals surface area (Å²) < 4.78 is 0. The van der Waals surface area contributed by atoms with Crippen LogP contribution in [-0.2, 0) is 4.79 Å². The lowest BCUT2D eigenvalue weighted by Gasteiger charge is -2.17. The second-order valence-corrected chi connectivity index (χ2v) is 8.28. The predicted octanol–water partition coefficient (Wildman–Crippen LogP) is 5.58. The van der Waals surface area contributed by atoms with Crippen molar-refractivity contribution in [3.05, 3.63) is 0 Å². The quantitative estimate of drug-likeness (QED) is 0.209. The first kappa shape index (κ1) is 27.4. The number of hydrogen-bond acceptors (Lipinski definition) is 3. The minimum absolute atomic E-state index is 0.213. The average Bonchev–Trinajstić information content (AvgIpc) is 2.70. The average molecular weight is 399 g/mol. The van der Waals surface area contributed by atoms with Crippen LogP contribution in [0.5, 0.6) is 0 Å². The Morgan fingerprint density at radius 2 is 1.18 bits per heavy atom. The van der Waals surface area contributed by atoms with Crippen molar-refractivity contribution in [2.24, 2.45) is 5.92 Å². The van der Waals surface area contributed by atoms with Gasteiger partial charge in [-0.05, 0) is 32.2 Å². The van der Waals surface area contributed by atoms with Gasteiger partial charge in [0.15, 0.2) is 0 Å². The highest BCUT2D eigenvalue weighted by atomic mass is 16.3. The van der Waals surface area contributed by atoms with Crippen molar-refractivity contribution < 1.29 is 9.90 Å². The summed E-state index contributed by atoms with van der Waals surface area (Å²) in [6.07, 6.45) is 19.5. The summed E-state index contributed by atoms with van der Waals surface area (Å²) in [4.78, 5) is 12.6. The second kappa shape index (κ2) is 22.7. The van der Waals surface area contributed by atoms with Crippen LogP contribution < -0.4 is 10.6 Å². The standard InChI is InChI=1S/C24H50N2O2/c1-3-5-7-9-10-14-18-23(17-13-8-6-4-2)24(28)26-20-16-12-11-15-19-25-21-22-27/h23,25,27H,3-22H2,1-2H3,(H,26,28). The third-order valence-corrected chi connectivity index (χ3v) is 5.55. The van der Waals surface area contributed by atoms with Crippen molar-refractivity contribution in [2.75, 3.05) is 26.2 Å². The van der Waals surface area contributed by atoms with E-state index in [1.807, 2.05) is 0 Å². The molecule has 4 nitrogen and oxygen atoms in total. The highest BCUT2D eigenvalue weighted by Crippen LogP contribution is 2.19. The summed E-state index contributed by atoms with van der Waals surface area (Å²) in [6, 6.07) is 0. The summed E-state index contributed by atoms with van der Waals surface area (Å²) in [5, 5.41) is 15.1. The number of hydrogen-bond donors (Lipinski definition) is 3. The van der Waals surface area contributed by atoms with E-state index in [1.165, 1.54) is 77.0 Å². The van der Waals surface area contributed by atoms with Crippen molar-refractivity contribution in [3.63, 3.8) is 0 Å². The van der Waals surface area contributed by atoms with Gasteiger partial charge in [0.25, 0.3) is 0 Å². The Hall–Kier alpha value is -0.610. The summed E-state index contributed by atoms with van der Waals surface area (Å²) in [5.41, 5.74) is 0. The fourth-order valence-electron chi connectivity index (χ4n) is 3.68. The molecular formula is C24H50N2O2. The molecule has 0 bridgehead atoms. The molecule has 168 valence electrons. The fraction of sp³-hybridized carbons (Fsp3) is 0.958. The van der Waals surface area contributed by atoms with Crippen LogP contribution in [0.1, 0.15) is 117 Å². The van der Waals surface area contributed by atoms with Gasteiger partial charge in [-0.15, -0.1) is 0 Å². The van der Waals surface area contributed by atoms with Crippen molar-refractivity contribution in [3.8, 4) is 0 Å². The Labute approximate surface area is 175 Å². The molecule has 0 aromatic heterocycles. The van der Waals surface area contributed by atoms with Crippen LogP contribution in [0.2, 0.25) is 0 Å². The highest BCUT2D eigenvalue weighted by Gasteiger charge is 2.17. The van der Waals surface area contributed by atoms with Crippen LogP contribution in [0, 0.1) is 5.92 Å². The van der Waals surface area contributed by atoms with Gasteiger partial charge in [-0.1, -0.05) is 90.9 Å².